The van der Waals surface area contributed by atoms with Crippen molar-refractivity contribution < 1.29 is 8.42 Å². The van der Waals surface area contributed by atoms with Crippen LogP contribution in [0.4, 0.5) is 5.69 Å². The highest BCUT2D eigenvalue weighted by Crippen LogP contribution is 2.31. The summed E-state index contributed by atoms with van der Waals surface area (Å²) in [6.45, 7) is 5.68. The van der Waals surface area contributed by atoms with E-state index in [-0.39, 0.29) is 0 Å². The third-order valence-electron chi connectivity index (χ3n) is 2.61. The van der Waals surface area contributed by atoms with Gasteiger partial charge in [-0.15, -0.1) is 11.3 Å². The van der Waals surface area contributed by atoms with Crippen molar-refractivity contribution in [2.75, 3.05) is 4.72 Å². The number of nitrogens with one attached hydrogen (secondary N) is 1. The fourth-order valence-electron chi connectivity index (χ4n) is 1.94. The van der Waals surface area contributed by atoms with E-state index in [9.17, 15) is 8.42 Å². The lowest BCUT2D eigenvalue weighted by molar-refractivity contribution is 0.601. The second-order valence-electron chi connectivity index (χ2n) is 4.45. The average molecular weight is 360 g/mol. The van der Waals surface area contributed by atoms with E-state index in [0.29, 0.717) is 10.6 Å². The van der Waals surface area contributed by atoms with Gasteiger partial charge < -0.3 is 0 Å². The number of halogens is 1. The first-order chi connectivity index (χ1) is 8.78. The van der Waals surface area contributed by atoms with Crippen LogP contribution in [0.2, 0.25) is 0 Å². The van der Waals surface area contributed by atoms with Crippen LogP contribution >= 0.6 is 27.3 Å². The Kier molecular flexibility index (Phi) is 4.03. The Labute approximate surface area is 125 Å². The van der Waals surface area contributed by atoms with E-state index in [1.165, 1.54) is 11.3 Å². The van der Waals surface area contributed by atoms with Crippen LogP contribution in [-0.4, -0.2) is 8.42 Å². The normalized spacial score (nSPS) is 11.6. The maximum absolute atomic E-state index is 12.3. The molecule has 1 aromatic carbocycles. The Morgan fingerprint density at radius 2 is 1.63 bits per heavy atom. The fraction of sp³-hybridized carbons (Fsp3) is 0.231. The Hall–Kier alpha value is -0.850. The van der Waals surface area contributed by atoms with E-state index in [2.05, 4.69) is 20.7 Å². The summed E-state index contributed by atoms with van der Waals surface area (Å²) in [7, 11) is -3.53. The van der Waals surface area contributed by atoms with Crippen molar-refractivity contribution >= 4 is 43.0 Å². The highest BCUT2D eigenvalue weighted by molar-refractivity contribution is 9.11. The Bertz CT molecular complexity index is 700. The molecule has 2 rings (SSSR count). The van der Waals surface area contributed by atoms with Gasteiger partial charge in [0.2, 0.25) is 0 Å². The molecule has 0 bridgehead atoms. The molecule has 0 saturated heterocycles. The van der Waals surface area contributed by atoms with Crippen molar-refractivity contribution in [3.63, 3.8) is 0 Å². The van der Waals surface area contributed by atoms with E-state index >= 15 is 0 Å². The largest absolute Gasteiger partial charge is 0.280 e. The summed E-state index contributed by atoms with van der Waals surface area (Å²) >= 11 is 4.72. The Balaban J connectivity index is 2.39. The molecule has 19 heavy (non-hydrogen) atoms. The van der Waals surface area contributed by atoms with Crippen molar-refractivity contribution in [1.82, 2.24) is 0 Å². The molecule has 0 spiro atoms. The number of hydrogen-bond donors (Lipinski definition) is 1. The highest BCUT2D eigenvalue weighted by atomic mass is 79.9. The molecule has 0 fully saturated rings. The van der Waals surface area contributed by atoms with Gasteiger partial charge in [-0.2, -0.15) is 0 Å². The molecular weight excluding hydrogens is 346 g/mol. The minimum absolute atomic E-state index is 0.323. The quantitative estimate of drug-likeness (QED) is 0.890. The first-order valence-electron chi connectivity index (χ1n) is 5.65. The summed E-state index contributed by atoms with van der Waals surface area (Å²) in [6, 6.07) is 7.28. The molecule has 1 aromatic heterocycles. The smallest absolute Gasteiger partial charge is 0.263 e. The van der Waals surface area contributed by atoms with Crippen LogP contribution < -0.4 is 4.72 Å². The number of hydrogen-bond acceptors (Lipinski definition) is 3. The van der Waals surface area contributed by atoms with Crippen molar-refractivity contribution in [1.29, 1.82) is 0 Å². The minimum Gasteiger partial charge on any atom is -0.280 e. The number of anilines is 1. The van der Waals surface area contributed by atoms with Gasteiger partial charge in [-0.25, -0.2) is 8.42 Å². The summed E-state index contributed by atoms with van der Waals surface area (Å²) in [4.78, 5) is 1.09. The van der Waals surface area contributed by atoms with Gasteiger partial charge in [0.25, 0.3) is 10.0 Å². The van der Waals surface area contributed by atoms with Gasteiger partial charge in [-0.3, -0.25) is 4.72 Å². The van der Waals surface area contributed by atoms with Crippen molar-refractivity contribution in [3.05, 3.63) is 44.1 Å². The van der Waals surface area contributed by atoms with Crippen molar-refractivity contribution in [2.45, 2.75) is 25.7 Å². The Morgan fingerprint density at radius 3 is 2.11 bits per heavy atom. The first-order valence-corrected chi connectivity index (χ1v) is 8.74. The molecule has 0 amide bonds. The number of benzene rings is 1. The third-order valence-corrected chi connectivity index (χ3v) is 5.80. The molecule has 0 atom stereocenters. The van der Waals surface area contributed by atoms with Crippen LogP contribution in [0.15, 0.2) is 32.9 Å². The first kappa shape index (κ1) is 14.6. The minimum atomic E-state index is -3.53. The van der Waals surface area contributed by atoms with E-state index < -0.39 is 10.0 Å². The topological polar surface area (TPSA) is 46.2 Å². The van der Waals surface area contributed by atoms with Gasteiger partial charge in [-0.05, 0) is 66.0 Å². The zero-order valence-electron chi connectivity index (χ0n) is 10.8. The van der Waals surface area contributed by atoms with E-state index in [1.54, 1.807) is 13.0 Å². The van der Waals surface area contributed by atoms with E-state index in [0.717, 1.165) is 19.8 Å². The predicted octanol–water partition coefficient (Wildman–Crippen LogP) is 4.24. The van der Waals surface area contributed by atoms with Gasteiger partial charge >= 0.3 is 0 Å². The standard InChI is InChI=1S/C13H14BrNO2S2/c1-8-4-9(2)6-11(5-8)15-19(16,17)12-7-13(14)18-10(12)3/h4-7,15H,1-3H3. The van der Waals surface area contributed by atoms with Crippen LogP contribution in [0.3, 0.4) is 0 Å². The SMILES string of the molecule is Cc1cc(C)cc(NS(=O)(=O)c2cc(Br)sc2C)c1. The monoisotopic (exact) mass is 359 g/mol. The molecule has 6 heteroatoms. The van der Waals surface area contributed by atoms with Gasteiger partial charge in [0.05, 0.1) is 3.79 Å². The van der Waals surface area contributed by atoms with Crippen LogP contribution in [0.1, 0.15) is 16.0 Å². The summed E-state index contributed by atoms with van der Waals surface area (Å²) < 4.78 is 28.1. The van der Waals surface area contributed by atoms with Crippen LogP contribution in [-0.2, 0) is 10.0 Å². The molecule has 0 aliphatic rings. The van der Waals surface area contributed by atoms with Crippen molar-refractivity contribution in [2.24, 2.45) is 0 Å². The fourth-order valence-corrected chi connectivity index (χ4v) is 5.40. The average Bonchev–Trinajstić information content (AvgIpc) is 2.56. The molecule has 0 unspecified atom stereocenters. The summed E-state index contributed by atoms with van der Waals surface area (Å²) in [6.07, 6.45) is 0. The predicted molar refractivity (Wildman–Crippen MR) is 83.5 cm³/mol. The van der Waals surface area contributed by atoms with Crippen molar-refractivity contribution in [3.8, 4) is 0 Å². The summed E-state index contributed by atoms with van der Waals surface area (Å²) in [5, 5.41) is 0. The van der Waals surface area contributed by atoms with Gasteiger partial charge in [-0.1, -0.05) is 6.07 Å². The molecule has 1 N–H and O–H groups in total. The molecule has 1 heterocycles. The molecule has 3 nitrogen and oxygen atoms in total. The van der Waals surface area contributed by atoms with Crippen LogP contribution in [0, 0.1) is 20.8 Å². The zero-order chi connectivity index (χ0) is 14.2. The third kappa shape index (κ3) is 3.38. The lowest BCUT2D eigenvalue weighted by Crippen LogP contribution is -2.13. The van der Waals surface area contributed by atoms with E-state index in [1.807, 2.05) is 32.0 Å². The zero-order valence-corrected chi connectivity index (χ0v) is 14.0. The van der Waals surface area contributed by atoms with Crippen LogP contribution in [0.25, 0.3) is 0 Å². The maximum Gasteiger partial charge on any atom is 0.263 e. The maximum atomic E-state index is 12.3. The number of aryl methyl sites for hydroxylation is 3. The second-order valence-corrected chi connectivity index (χ2v) is 8.74. The lowest BCUT2D eigenvalue weighted by Gasteiger charge is -2.09. The van der Waals surface area contributed by atoms with Gasteiger partial charge in [0.15, 0.2) is 0 Å². The lowest BCUT2D eigenvalue weighted by atomic mass is 10.1. The van der Waals surface area contributed by atoms with Crippen LogP contribution in [0.5, 0.6) is 0 Å². The van der Waals surface area contributed by atoms with Gasteiger partial charge in [0.1, 0.15) is 4.90 Å². The van der Waals surface area contributed by atoms with Gasteiger partial charge in [0, 0.05) is 10.6 Å². The molecule has 0 radical (unpaired) electrons. The molecule has 0 aliphatic heterocycles. The second kappa shape index (κ2) is 5.26. The Morgan fingerprint density at radius 1 is 1.05 bits per heavy atom. The molecule has 0 aliphatic carbocycles. The number of thiophene rings is 1. The number of sulfonamides is 1. The summed E-state index contributed by atoms with van der Waals surface area (Å²) in [5.74, 6) is 0. The highest BCUT2D eigenvalue weighted by Gasteiger charge is 2.19. The summed E-state index contributed by atoms with van der Waals surface area (Å²) in [5.41, 5.74) is 2.65. The molecular formula is C13H14BrNO2S2. The number of rotatable bonds is 3. The molecule has 0 saturated carbocycles. The molecule has 102 valence electrons. The van der Waals surface area contributed by atoms with E-state index in [4.69, 9.17) is 0 Å². The molecule has 2 aromatic rings.